The van der Waals surface area contributed by atoms with E-state index in [1.165, 1.54) is 36.3 Å². The second kappa shape index (κ2) is 4.03. The van der Waals surface area contributed by atoms with E-state index in [0.717, 1.165) is 19.5 Å². The fourth-order valence-corrected chi connectivity index (χ4v) is 2.16. The summed E-state index contributed by atoms with van der Waals surface area (Å²) < 4.78 is 2.11. The lowest BCUT2D eigenvalue weighted by Crippen LogP contribution is -2.07. The van der Waals surface area contributed by atoms with Gasteiger partial charge in [0.25, 0.3) is 0 Å². The van der Waals surface area contributed by atoms with Crippen molar-refractivity contribution in [1.29, 1.82) is 0 Å². The van der Waals surface area contributed by atoms with Gasteiger partial charge < -0.3 is 5.32 Å². The van der Waals surface area contributed by atoms with Gasteiger partial charge >= 0.3 is 0 Å². The second-order valence-corrected chi connectivity index (χ2v) is 3.83. The van der Waals surface area contributed by atoms with Crippen LogP contribution in [-0.2, 0) is 19.4 Å². The van der Waals surface area contributed by atoms with Crippen molar-refractivity contribution in [1.82, 2.24) is 9.78 Å². The number of rotatable bonds is 2. The zero-order valence-electron chi connectivity index (χ0n) is 9.14. The van der Waals surface area contributed by atoms with E-state index in [-0.39, 0.29) is 0 Å². The van der Waals surface area contributed by atoms with E-state index in [1.54, 1.807) is 0 Å². The highest BCUT2D eigenvalue weighted by Gasteiger charge is 2.17. The summed E-state index contributed by atoms with van der Waals surface area (Å²) in [6.07, 6.45) is 4.83. The number of hydrogen-bond donors (Lipinski definition) is 1. The topological polar surface area (TPSA) is 29.9 Å². The van der Waals surface area contributed by atoms with Gasteiger partial charge in [-0.15, -0.1) is 0 Å². The molecule has 0 aliphatic carbocycles. The minimum Gasteiger partial charge on any atom is -0.370 e. The van der Waals surface area contributed by atoms with E-state index in [2.05, 4.69) is 28.9 Å². The van der Waals surface area contributed by atoms with Crippen LogP contribution in [0.1, 0.15) is 37.9 Å². The van der Waals surface area contributed by atoms with Crippen molar-refractivity contribution in [2.45, 2.75) is 46.1 Å². The van der Waals surface area contributed by atoms with Crippen molar-refractivity contribution in [2.75, 3.05) is 11.9 Å². The van der Waals surface area contributed by atoms with Crippen LogP contribution >= 0.6 is 0 Å². The van der Waals surface area contributed by atoms with Gasteiger partial charge in [0.05, 0.1) is 5.69 Å². The molecule has 1 aliphatic rings. The van der Waals surface area contributed by atoms with Crippen molar-refractivity contribution in [2.24, 2.45) is 0 Å². The number of aromatic nitrogens is 2. The smallest absolute Gasteiger partial charge is 0.127 e. The Hall–Kier alpha value is -0.990. The van der Waals surface area contributed by atoms with Crippen LogP contribution in [0, 0.1) is 0 Å². The average Bonchev–Trinajstić information content (AvgIpc) is 2.39. The minimum absolute atomic E-state index is 0.968. The molecule has 0 radical (unpaired) electrons. The Balaban J connectivity index is 2.41. The van der Waals surface area contributed by atoms with E-state index in [1.807, 2.05) is 0 Å². The highest BCUT2D eigenvalue weighted by atomic mass is 15.3. The maximum Gasteiger partial charge on any atom is 0.127 e. The highest BCUT2D eigenvalue weighted by Crippen LogP contribution is 2.25. The molecule has 1 aromatic heterocycles. The monoisotopic (exact) mass is 193 g/mol. The lowest BCUT2D eigenvalue weighted by molar-refractivity contribution is 0.650. The molecule has 0 amide bonds. The molecule has 0 atom stereocenters. The predicted molar refractivity (Wildman–Crippen MR) is 58.7 cm³/mol. The molecule has 3 heteroatoms. The molecule has 14 heavy (non-hydrogen) atoms. The maximum absolute atomic E-state index is 4.62. The Morgan fingerprint density at radius 1 is 1.36 bits per heavy atom. The zero-order chi connectivity index (χ0) is 9.97. The summed E-state index contributed by atoms with van der Waals surface area (Å²) in [5.74, 6) is 1.28. The lowest BCUT2D eigenvalue weighted by Gasteiger charge is -2.06. The number of hydrogen-bond acceptors (Lipinski definition) is 2. The molecule has 0 unspecified atom stereocenters. The van der Waals surface area contributed by atoms with Gasteiger partial charge in [-0.05, 0) is 32.6 Å². The van der Waals surface area contributed by atoms with Crippen molar-refractivity contribution >= 4 is 5.82 Å². The summed E-state index contributed by atoms with van der Waals surface area (Å²) in [6, 6.07) is 0. The predicted octanol–water partition coefficient (Wildman–Crippen LogP) is 2.21. The van der Waals surface area contributed by atoms with Crippen LogP contribution < -0.4 is 5.32 Å². The second-order valence-electron chi connectivity index (χ2n) is 3.83. The van der Waals surface area contributed by atoms with E-state index in [9.17, 15) is 0 Å². The highest BCUT2D eigenvalue weighted by molar-refractivity contribution is 5.48. The van der Waals surface area contributed by atoms with E-state index in [0.29, 0.717) is 0 Å². The Kier molecular flexibility index (Phi) is 2.75. The van der Waals surface area contributed by atoms with Gasteiger partial charge in [-0.1, -0.05) is 6.92 Å². The molecule has 3 nitrogen and oxygen atoms in total. The molecule has 0 saturated carbocycles. The number of nitrogens with one attached hydrogen (secondary N) is 1. The van der Waals surface area contributed by atoms with Gasteiger partial charge in [0.2, 0.25) is 0 Å². The van der Waals surface area contributed by atoms with Gasteiger partial charge in [0.15, 0.2) is 0 Å². The molecule has 2 heterocycles. The fraction of sp³-hybridized carbons (Fsp3) is 0.727. The average molecular weight is 193 g/mol. The summed E-state index contributed by atoms with van der Waals surface area (Å²) in [4.78, 5) is 0. The largest absolute Gasteiger partial charge is 0.370 e. The van der Waals surface area contributed by atoms with E-state index < -0.39 is 0 Å². The van der Waals surface area contributed by atoms with Crippen molar-refractivity contribution in [3.05, 3.63) is 11.3 Å². The van der Waals surface area contributed by atoms with Crippen LogP contribution in [0.2, 0.25) is 0 Å². The van der Waals surface area contributed by atoms with Crippen LogP contribution in [0.15, 0.2) is 0 Å². The van der Waals surface area contributed by atoms with E-state index >= 15 is 0 Å². The summed E-state index contributed by atoms with van der Waals surface area (Å²) in [5, 5.41) is 8.12. The number of anilines is 1. The zero-order valence-corrected chi connectivity index (χ0v) is 9.14. The van der Waals surface area contributed by atoms with Crippen molar-refractivity contribution < 1.29 is 0 Å². The third kappa shape index (κ3) is 1.51. The normalized spacial score (nSPS) is 15.9. The Labute approximate surface area is 85.5 Å². The molecule has 2 rings (SSSR count). The first-order valence-electron chi connectivity index (χ1n) is 5.69. The van der Waals surface area contributed by atoms with Gasteiger partial charge in [-0.2, -0.15) is 5.10 Å². The standard InChI is InChI=1S/C11H19N3/c1-3-10-9-7-5-6-8-12-11(9)14(4-2)13-10/h12H,3-8H2,1-2H3. The molecule has 0 fully saturated rings. The number of nitrogens with zero attached hydrogens (tertiary/aromatic N) is 2. The molecule has 0 bridgehead atoms. The van der Waals surface area contributed by atoms with Gasteiger partial charge in [0, 0.05) is 18.7 Å². The number of fused-ring (bicyclic) bond motifs is 1. The maximum atomic E-state index is 4.62. The fourth-order valence-electron chi connectivity index (χ4n) is 2.16. The van der Waals surface area contributed by atoms with Gasteiger partial charge in [0.1, 0.15) is 5.82 Å². The SMILES string of the molecule is CCc1nn(CC)c2c1CCCCN2. The molecule has 1 N–H and O–H groups in total. The van der Waals surface area contributed by atoms with Crippen molar-refractivity contribution in [3.63, 3.8) is 0 Å². The molecule has 0 saturated heterocycles. The Bertz CT molecular complexity index is 286. The first kappa shape index (κ1) is 9.56. The van der Waals surface area contributed by atoms with Crippen molar-refractivity contribution in [3.8, 4) is 0 Å². The number of aryl methyl sites for hydroxylation is 2. The third-order valence-corrected chi connectivity index (χ3v) is 2.91. The summed E-state index contributed by atoms with van der Waals surface area (Å²) in [5.41, 5.74) is 2.75. The molecule has 1 aliphatic heterocycles. The van der Waals surface area contributed by atoms with Gasteiger partial charge in [-0.3, -0.25) is 0 Å². The molecule has 0 spiro atoms. The molecular formula is C11H19N3. The minimum atomic E-state index is 0.968. The molecule has 78 valence electrons. The Morgan fingerprint density at radius 2 is 2.21 bits per heavy atom. The summed E-state index contributed by atoms with van der Waals surface area (Å²) in [6.45, 7) is 6.41. The lowest BCUT2D eigenvalue weighted by atomic mass is 10.1. The van der Waals surface area contributed by atoms with Crippen LogP contribution in [0.5, 0.6) is 0 Å². The van der Waals surface area contributed by atoms with Gasteiger partial charge in [-0.25, -0.2) is 4.68 Å². The summed E-state index contributed by atoms with van der Waals surface area (Å²) in [7, 11) is 0. The molecule has 1 aromatic rings. The third-order valence-electron chi connectivity index (χ3n) is 2.91. The van der Waals surface area contributed by atoms with Crippen LogP contribution in [0.25, 0.3) is 0 Å². The molecular weight excluding hydrogens is 174 g/mol. The van der Waals surface area contributed by atoms with E-state index in [4.69, 9.17) is 0 Å². The van der Waals surface area contributed by atoms with Crippen LogP contribution in [-0.4, -0.2) is 16.3 Å². The first-order valence-corrected chi connectivity index (χ1v) is 5.69. The van der Waals surface area contributed by atoms with Crippen LogP contribution in [0.4, 0.5) is 5.82 Å². The summed E-state index contributed by atoms with van der Waals surface area (Å²) >= 11 is 0. The van der Waals surface area contributed by atoms with Crippen LogP contribution in [0.3, 0.4) is 0 Å². The molecule has 0 aromatic carbocycles. The Morgan fingerprint density at radius 3 is 2.93 bits per heavy atom. The quantitative estimate of drug-likeness (QED) is 0.780. The first-order chi connectivity index (χ1) is 6.86.